The molecule has 2 aromatic carbocycles. The molecule has 0 spiro atoms. The Hall–Kier alpha value is -0.521. The topological polar surface area (TPSA) is 0 Å². The number of rotatable bonds is 4. The molecule has 0 heterocycles. The monoisotopic (exact) mass is 356 g/mol. The predicted octanol–water partition coefficient (Wildman–Crippen LogP) is 2.04. The summed E-state index contributed by atoms with van der Waals surface area (Å²) >= 11 is 1.27. The molecule has 0 N–H and O–H groups in total. The van der Waals surface area contributed by atoms with E-state index in [9.17, 15) is 0 Å². The van der Waals surface area contributed by atoms with Crippen LogP contribution >= 0.6 is 0 Å². The van der Waals surface area contributed by atoms with Crippen LogP contribution in [0.5, 0.6) is 0 Å². The van der Waals surface area contributed by atoms with Gasteiger partial charge in [-0.25, -0.2) is 0 Å². The quantitative estimate of drug-likeness (QED) is 0.738. The van der Waals surface area contributed by atoms with Crippen molar-refractivity contribution in [1.82, 2.24) is 0 Å². The second-order valence-electron chi connectivity index (χ2n) is 3.94. The Kier molecular flexibility index (Phi) is 4.88. The van der Waals surface area contributed by atoms with Crippen LogP contribution in [0.2, 0.25) is 4.22 Å². The molecule has 0 unspecified atom stereocenters. The summed E-state index contributed by atoms with van der Waals surface area (Å²) in [6.07, 6.45) is 0. The summed E-state index contributed by atoms with van der Waals surface area (Å²) in [5.74, 6) is 0. The second kappa shape index (κ2) is 6.42. The molecule has 0 radical (unpaired) electrons. The SMILES string of the molecule is Cc1ccccc1[Se]C[Se]c1ccccc1C. The summed E-state index contributed by atoms with van der Waals surface area (Å²) < 4.78 is 4.49. The maximum atomic E-state index is 2.28. The molecule has 0 amide bonds. The van der Waals surface area contributed by atoms with Crippen LogP contribution in [-0.4, -0.2) is 29.9 Å². The minimum atomic E-state index is 0.633. The van der Waals surface area contributed by atoms with Gasteiger partial charge in [0.05, 0.1) is 0 Å². The summed E-state index contributed by atoms with van der Waals surface area (Å²) in [5, 5.41) is 0. The van der Waals surface area contributed by atoms with Gasteiger partial charge in [-0.15, -0.1) is 0 Å². The van der Waals surface area contributed by atoms with Gasteiger partial charge in [-0.1, -0.05) is 0 Å². The molecular weight excluding hydrogens is 338 g/mol. The summed E-state index contributed by atoms with van der Waals surface area (Å²) in [6, 6.07) is 17.6. The van der Waals surface area contributed by atoms with Gasteiger partial charge in [-0.05, 0) is 0 Å². The Labute approximate surface area is 116 Å². The number of hydrogen-bond donors (Lipinski definition) is 0. The fraction of sp³-hybridized carbons (Fsp3) is 0.200. The van der Waals surface area contributed by atoms with Crippen molar-refractivity contribution in [3.8, 4) is 0 Å². The average molecular weight is 354 g/mol. The predicted molar refractivity (Wildman–Crippen MR) is 77.9 cm³/mol. The van der Waals surface area contributed by atoms with E-state index in [-0.39, 0.29) is 0 Å². The van der Waals surface area contributed by atoms with Crippen LogP contribution in [0.25, 0.3) is 0 Å². The molecule has 2 heteroatoms. The minimum absolute atomic E-state index is 0.633. The summed E-state index contributed by atoms with van der Waals surface area (Å²) in [4.78, 5) is 0. The normalized spacial score (nSPS) is 10.5. The fourth-order valence-corrected chi connectivity index (χ4v) is 7.63. The van der Waals surface area contributed by atoms with Gasteiger partial charge in [0.15, 0.2) is 0 Å². The van der Waals surface area contributed by atoms with Gasteiger partial charge in [-0.3, -0.25) is 0 Å². The maximum absolute atomic E-state index is 2.28. The van der Waals surface area contributed by atoms with Crippen molar-refractivity contribution in [3.05, 3.63) is 59.7 Å². The Balaban J connectivity index is 1.93. The van der Waals surface area contributed by atoms with Crippen molar-refractivity contribution in [2.75, 3.05) is 0 Å². The van der Waals surface area contributed by atoms with Crippen molar-refractivity contribution in [1.29, 1.82) is 0 Å². The van der Waals surface area contributed by atoms with E-state index in [0.29, 0.717) is 29.9 Å². The van der Waals surface area contributed by atoms with E-state index in [1.54, 1.807) is 8.92 Å². The van der Waals surface area contributed by atoms with Gasteiger partial charge in [0, 0.05) is 0 Å². The van der Waals surface area contributed by atoms with Crippen molar-refractivity contribution in [3.63, 3.8) is 0 Å². The molecule has 0 aromatic heterocycles. The first kappa shape index (κ1) is 12.9. The van der Waals surface area contributed by atoms with Gasteiger partial charge in [0.2, 0.25) is 0 Å². The standard InChI is InChI=1S/C15H16Se2/c1-12-7-3-5-9-14(12)16-11-17-15-10-6-4-8-13(15)2/h3-10H,11H2,1-2H3. The molecule has 0 aliphatic rings. The summed E-state index contributed by atoms with van der Waals surface area (Å²) in [7, 11) is 0. The third-order valence-corrected chi connectivity index (χ3v) is 8.91. The van der Waals surface area contributed by atoms with Gasteiger partial charge in [0.1, 0.15) is 0 Å². The van der Waals surface area contributed by atoms with E-state index in [1.165, 1.54) is 15.3 Å². The van der Waals surface area contributed by atoms with Gasteiger partial charge in [-0.2, -0.15) is 0 Å². The van der Waals surface area contributed by atoms with Crippen molar-refractivity contribution >= 4 is 38.8 Å². The molecule has 2 rings (SSSR count). The Morgan fingerprint density at radius 1 is 0.706 bits per heavy atom. The summed E-state index contributed by atoms with van der Waals surface area (Å²) in [5.41, 5.74) is 2.90. The van der Waals surface area contributed by atoms with Crippen LogP contribution in [-0.2, 0) is 0 Å². The first-order chi connectivity index (χ1) is 8.27. The third kappa shape index (κ3) is 3.72. The number of hydrogen-bond acceptors (Lipinski definition) is 0. The summed E-state index contributed by atoms with van der Waals surface area (Å²) in [6.45, 7) is 4.44. The van der Waals surface area contributed by atoms with Crippen molar-refractivity contribution in [2.45, 2.75) is 18.1 Å². The van der Waals surface area contributed by atoms with E-state index in [1.807, 2.05) is 0 Å². The molecule has 0 nitrogen and oxygen atoms in total. The van der Waals surface area contributed by atoms with Crippen LogP contribution in [0.15, 0.2) is 48.5 Å². The molecule has 0 aliphatic carbocycles. The van der Waals surface area contributed by atoms with E-state index >= 15 is 0 Å². The van der Waals surface area contributed by atoms with E-state index < -0.39 is 0 Å². The first-order valence-electron chi connectivity index (χ1n) is 5.64. The second-order valence-corrected chi connectivity index (χ2v) is 10.1. The van der Waals surface area contributed by atoms with E-state index in [2.05, 4.69) is 62.4 Å². The van der Waals surface area contributed by atoms with Gasteiger partial charge >= 0.3 is 117 Å². The molecule has 2 aromatic rings. The van der Waals surface area contributed by atoms with Gasteiger partial charge < -0.3 is 0 Å². The molecule has 0 fully saturated rings. The number of benzene rings is 2. The molecule has 0 bridgehead atoms. The van der Waals surface area contributed by atoms with Crippen LogP contribution in [0.3, 0.4) is 0 Å². The van der Waals surface area contributed by atoms with Gasteiger partial charge in [0.25, 0.3) is 0 Å². The zero-order chi connectivity index (χ0) is 12.1. The average Bonchev–Trinajstić information content (AvgIpc) is 2.34. The Bertz CT molecular complexity index is 446. The fourth-order valence-electron chi connectivity index (χ4n) is 1.59. The number of aryl methyl sites for hydroxylation is 2. The molecule has 0 aliphatic heterocycles. The van der Waals surface area contributed by atoms with Crippen molar-refractivity contribution < 1.29 is 0 Å². The molecule has 17 heavy (non-hydrogen) atoms. The zero-order valence-corrected chi connectivity index (χ0v) is 13.6. The molecule has 0 saturated carbocycles. The van der Waals surface area contributed by atoms with E-state index in [0.717, 1.165) is 0 Å². The molecular formula is C15H16Se2. The molecule has 0 atom stereocenters. The third-order valence-electron chi connectivity index (χ3n) is 2.62. The van der Waals surface area contributed by atoms with Crippen LogP contribution in [0.1, 0.15) is 11.1 Å². The van der Waals surface area contributed by atoms with Crippen LogP contribution in [0, 0.1) is 13.8 Å². The van der Waals surface area contributed by atoms with Crippen molar-refractivity contribution in [2.24, 2.45) is 0 Å². The zero-order valence-electron chi connectivity index (χ0n) is 10.1. The van der Waals surface area contributed by atoms with Crippen LogP contribution in [0.4, 0.5) is 0 Å². The Morgan fingerprint density at radius 2 is 1.12 bits per heavy atom. The molecule has 88 valence electrons. The molecule has 0 saturated heterocycles. The van der Waals surface area contributed by atoms with Crippen LogP contribution < -0.4 is 8.92 Å². The van der Waals surface area contributed by atoms with E-state index in [4.69, 9.17) is 0 Å². The Morgan fingerprint density at radius 3 is 1.53 bits per heavy atom. The first-order valence-corrected chi connectivity index (χ1v) is 9.78.